The van der Waals surface area contributed by atoms with E-state index in [2.05, 4.69) is 126 Å². The average Bonchev–Trinajstić information content (AvgIpc) is 3.31. The SMILES string of the molecule is c1ccc2cc(-c3nc(-n4c5ccccc5c5c6ccccc6ccc54)nc4ccccc34)ccc2c1. The second-order valence-corrected chi connectivity index (χ2v) is 9.48. The molecule has 0 spiro atoms. The lowest BCUT2D eigenvalue weighted by molar-refractivity contribution is 1.01. The highest BCUT2D eigenvalue weighted by molar-refractivity contribution is 6.21. The van der Waals surface area contributed by atoms with Crippen LogP contribution in [0.25, 0.3) is 71.5 Å². The van der Waals surface area contributed by atoms with E-state index < -0.39 is 0 Å². The van der Waals surface area contributed by atoms with E-state index in [1.54, 1.807) is 0 Å². The number of hydrogen-bond acceptors (Lipinski definition) is 2. The molecule has 8 rings (SSSR count). The normalized spacial score (nSPS) is 11.8. The van der Waals surface area contributed by atoms with Crippen LogP contribution in [0.5, 0.6) is 0 Å². The number of para-hydroxylation sites is 2. The Labute approximate surface area is 213 Å². The first-order chi connectivity index (χ1) is 18.3. The number of benzene rings is 6. The zero-order valence-corrected chi connectivity index (χ0v) is 20.0. The maximum Gasteiger partial charge on any atom is 0.235 e. The zero-order valence-electron chi connectivity index (χ0n) is 20.0. The number of aromatic nitrogens is 3. The smallest absolute Gasteiger partial charge is 0.235 e. The minimum absolute atomic E-state index is 0.684. The molecule has 0 N–H and O–H groups in total. The maximum atomic E-state index is 5.25. The molecular weight excluding hydrogens is 450 g/mol. The lowest BCUT2D eigenvalue weighted by Crippen LogP contribution is -2.03. The maximum absolute atomic E-state index is 5.25. The van der Waals surface area contributed by atoms with Gasteiger partial charge in [0.05, 0.1) is 22.2 Å². The summed E-state index contributed by atoms with van der Waals surface area (Å²) in [5.74, 6) is 0.684. The van der Waals surface area contributed by atoms with E-state index in [4.69, 9.17) is 9.97 Å². The molecule has 0 bridgehead atoms. The fourth-order valence-corrected chi connectivity index (χ4v) is 5.68. The van der Waals surface area contributed by atoms with Crippen molar-refractivity contribution in [3.05, 3.63) is 127 Å². The fraction of sp³-hybridized carbons (Fsp3) is 0. The molecule has 0 unspecified atom stereocenters. The van der Waals surface area contributed by atoms with E-state index in [-0.39, 0.29) is 0 Å². The summed E-state index contributed by atoms with van der Waals surface area (Å²) in [7, 11) is 0. The summed E-state index contributed by atoms with van der Waals surface area (Å²) in [6.07, 6.45) is 0. The second-order valence-electron chi connectivity index (χ2n) is 9.48. The van der Waals surface area contributed by atoms with Crippen LogP contribution in [0.4, 0.5) is 0 Å². The summed E-state index contributed by atoms with van der Waals surface area (Å²) < 4.78 is 2.22. The largest absolute Gasteiger partial charge is 0.278 e. The van der Waals surface area contributed by atoms with Crippen LogP contribution in [-0.2, 0) is 0 Å². The Morgan fingerprint density at radius 3 is 2.03 bits per heavy atom. The predicted octanol–water partition coefficient (Wildman–Crippen LogP) is 8.70. The fourth-order valence-electron chi connectivity index (χ4n) is 5.68. The first kappa shape index (κ1) is 20.2. The topological polar surface area (TPSA) is 30.7 Å². The molecular formula is C34H21N3. The summed E-state index contributed by atoms with van der Waals surface area (Å²) in [6.45, 7) is 0. The standard InChI is InChI=1S/C34H21N3/c1-2-11-24-21-25(18-17-22(24)9-1)33-27-13-5-7-15-29(27)35-34(36-33)37-30-16-8-6-14-28(30)32-26-12-4-3-10-23(26)19-20-31(32)37/h1-21H. The molecule has 3 nitrogen and oxygen atoms in total. The molecule has 6 aromatic carbocycles. The van der Waals surface area contributed by atoms with E-state index in [1.165, 1.54) is 32.3 Å². The van der Waals surface area contributed by atoms with Crippen molar-refractivity contribution in [1.29, 1.82) is 0 Å². The van der Waals surface area contributed by atoms with Gasteiger partial charge in [0.1, 0.15) is 0 Å². The average molecular weight is 472 g/mol. The van der Waals surface area contributed by atoms with Crippen LogP contribution in [0.15, 0.2) is 127 Å². The van der Waals surface area contributed by atoms with Gasteiger partial charge in [-0.15, -0.1) is 0 Å². The van der Waals surface area contributed by atoms with Gasteiger partial charge < -0.3 is 0 Å². The van der Waals surface area contributed by atoms with Gasteiger partial charge in [-0.2, -0.15) is 0 Å². The van der Waals surface area contributed by atoms with Crippen LogP contribution < -0.4 is 0 Å². The van der Waals surface area contributed by atoms with Crippen molar-refractivity contribution in [1.82, 2.24) is 14.5 Å². The van der Waals surface area contributed by atoms with E-state index in [9.17, 15) is 0 Å². The van der Waals surface area contributed by atoms with Gasteiger partial charge in [0.25, 0.3) is 0 Å². The van der Waals surface area contributed by atoms with Crippen LogP contribution >= 0.6 is 0 Å². The molecule has 8 aromatic rings. The second kappa shape index (κ2) is 7.74. The zero-order chi connectivity index (χ0) is 24.3. The molecule has 0 radical (unpaired) electrons. The van der Waals surface area contributed by atoms with Gasteiger partial charge in [0.15, 0.2) is 0 Å². The first-order valence-electron chi connectivity index (χ1n) is 12.5. The minimum atomic E-state index is 0.684. The van der Waals surface area contributed by atoms with Crippen molar-refractivity contribution in [2.45, 2.75) is 0 Å². The highest BCUT2D eigenvalue weighted by Crippen LogP contribution is 2.37. The summed E-state index contributed by atoms with van der Waals surface area (Å²) in [5.41, 5.74) is 5.18. The Morgan fingerprint density at radius 1 is 0.459 bits per heavy atom. The molecule has 2 aromatic heterocycles. The highest BCUT2D eigenvalue weighted by Gasteiger charge is 2.18. The Balaban J connectivity index is 1.49. The first-order valence-corrected chi connectivity index (χ1v) is 12.5. The number of rotatable bonds is 2. The van der Waals surface area contributed by atoms with Gasteiger partial charge in [0, 0.05) is 21.7 Å². The summed E-state index contributed by atoms with van der Waals surface area (Å²) >= 11 is 0. The number of fused-ring (bicyclic) bond motifs is 7. The minimum Gasteiger partial charge on any atom is -0.278 e. The van der Waals surface area contributed by atoms with Crippen molar-refractivity contribution in [2.24, 2.45) is 0 Å². The van der Waals surface area contributed by atoms with E-state index >= 15 is 0 Å². The van der Waals surface area contributed by atoms with Crippen LogP contribution in [-0.4, -0.2) is 14.5 Å². The Hall–Kier alpha value is -5.02. The molecule has 0 saturated carbocycles. The van der Waals surface area contributed by atoms with Gasteiger partial charge >= 0.3 is 0 Å². The molecule has 0 aliphatic heterocycles. The molecule has 2 heterocycles. The Bertz CT molecular complexity index is 2150. The lowest BCUT2D eigenvalue weighted by Gasteiger charge is -2.12. The lowest BCUT2D eigenvalue weighted by atomic mass is 10.0. The van der Waals surface area contributed by atoms with Crippen molar-refractivity contribution in [2.75, 3.05) is 0 Å². The van der Waals surface area contributed by atoms with Crippen LogP contribution in [0.3, 0.4) is 0 Å². The molecule has 0 aliphatic carbocycles. The van der Waals surface area contributed by atoms with Crippen LogP contribution in [0.2, 0.25) is 0 Å². The van der Waals surface area contributed by atoms with Gasteiger partial charge in [-0.05, 0) is 45.8 Å². The third-order valence-corrected chi connectivity index (χ3v) is 7.38. The molecule has 37 heavy (non-hydrogen) atoms. The van der Waals surface area contributed by atoms with Crippen molar-refractivity contribution in [3.8, 4) is 17.2 Å². The number of hydrogen-bond donors (Lipinski definition) is 0. The van der Waals surface area contributed by atoms with Crippen molar-refractivity contribution >= 4 is 54.3 Å². The quantitative estimate of drug-likeness (QED) is 0.252. The van der Waals surface area contributed by atoms with E-state index in [0.29, 0.717) is 5.95 Å². The summed E-state index contributed by atoms with van der Waals surface area (Å²) in [4.78, 5) is 10.4. The molecule has 0 atom stereocenters. The van der Waals surface area contributed by atoms with Gasteiger partial charge in [-0.1, -0.05) is 103 Å². The molecule has 0 fully saturated rings. The Kier molecular flexibility index (Phi) is 4.23. The van der Waals surface area contributed by atoms with Crippen molar-refractivity contribution < 1.29 is 0 Å². The van der Waals surface area contributed by atoms with E-state index in [1.807, 2.05) is 6.07 Å². The van der Waals surface area contributed by atoms with Gasteiger partial charge in [-0.3, -0.25) is 4.57 Å². The van der Waals surface area contributed by atoms with E-state index in [0.717, 1.165) is 33.2 Å². The van der Waals surface area contributed by atoms with Crippen molar-refractivity contribution in [3.63, 3.8) is 0 Å². The van der Waals surface area contributed by atoms with Crippen LogP contribution in [0, 0.1) is 0 Å². The molecule has 0 amide bonds. The van der Waals surface area contributed by atoms with Gasteiger partial charge in [0.2, 0.25) is 5.95 Å². The Morgan fingerprint density at radius 2 is 1.14 bits per heavy atom. The third-order valence-electron chi connectivity index (χ3n) is 7.38. The third kappa shape index (κ3) is 3.01. The summed E-state index contributed by atoms with van der Waals surface area (Å²) in [5, 5.41) is 8.38. The molecule has 0 saturated heterocycles. The monoisotopic (exact) mass is 471 g/mol. The summed E-state index contributed by atoms with van der Waals surface area (Å²) in [6, 6.07) is 44.9. The molecule has 0 aliphatic rings. The number of nitrogens with zero attached hydrogens (tertiary/aromatic N) is 3. The van der Waals surface area contributed by atoms with Crippen LogP contribution in [0.1, 0.15) is 0 Å². The van der Waals surface area contributed by atoms with Gasteiger partial charge in [-0.25, -0.2) is 9.97 Å². The molecule has 3 heteroatoms. The predicted molar refractivity (Wildman–Crippen MR) is 154 cm³/mol. The molecule has 172 valence electrons. The highest BCUT2D eigenvalue weighted by atomic mass is 15.2.